The molecule has 1 amide bonds. The van der Waals surface area contributed by atoms with Crippen molar-refractivity contribution in [2.24, 2.45) is 0 Å². The van der Waals surface area contributed by atoms with Gasteiger partial charge in [0.2, 0.25) is 0 Å². The zero-order valence-corrected chi connectivity index (χ0v) is 12.3. The summed E-state index contributed by atoms with van der Waals surface area (Å²) >= 11 is 0. The van der Waals surface area contributed by atoms with E-state index >= 15 is 0 Å². The van der Waals surface area contributed by atoms with Crippen molar-refractivity contribution in [3.05, 3.63) is 41.3 Å². The molecule has 1 atom stereocenters. The summed E-state index contributed by atoms with van der Waals surface area (Å²) in [7, 11) is 0. The number of ether oxygens (including phenoxy) is 1. The molecule has 0 fully saturated rings. The van der Waals surface area contributed by atoms with E-state index in [0.717, 1.165) is 11.3 Å². The molecule has 0 bridgehead atoms. The maximum absolute atomic E-state index is 11.9. The van der Waals surface area contributed by atoms with Crippen molar-refractivity contribution in [3.8, 4) is 5.75 Å². The number of aromatic nitrogens is 1. The zero-order valence-electron chi connectivity index (χ0n) is 12.3. The second kappa shape index (κ2) is 6.30. The van der Waals surface area contributed by atoms with Gasteiger partial charge in [0.15, 0.2) is 6.61 Å². The lowest BCUT2D eigenvalue weighted by molar-refractivity contribution is -0.123. The van der Waals surface area contributed by atoms with Gasteiger partial charge in [-0.05, 0) is 45.0 Å². The molecule has 1 heterocycles. The summed E-state index contributed by atoms with van der Waals surface area (Å²) in [4.78, 5) is 11.9. The maximum Gasteiger partial charge on any atom is 0.258 e. The van der Waals surface area contributed by atoms with Crippen molar-refractivity contribution < 1.29 is 14.1 Å². The van der Waals surface area contributed by atoms with Crippen molar-refractivity contribution in [3.63, 3.8) is 0 Å². The average molecular weight is 289 g/mol. The second-order valence-corrected chi connectivity index (χ2v) is 4.88. The van der Waals surface area contributed by atoms with E-state index < -0.39 is 0 Å². The zero-order chi connectivity index (χ0) is 15.4. The molecule has 0 radical (unpaired) electrons. The molecule has 0 spiro atoms. The molecule has 6 nitrogen and oxygen atoms in total. The van der Waals surface area contributed by atoms with E-state index in [9.17, 15) is 4.79 Å². The van der Waals surface area contributed by atoms with Gasteiger partial charge in [-0.3, -0.25) is 4.79 Å². The van der Waals surface area contributed by atoms with Gasteiger partial charge in [0, 0.05) is 11.3 Å². The highest BCUT2D eigenvalue weighted by molar-refractivity contribution is 5.78. The fourth-order valence-corrected chi connectivity index (χ4v) is 2.18. The van der Waals surface area contributed by atoms with Crippen LogP contribution in [0.1, 0.15) is 30.0 Å². The van der Waals surface area contributed by atoms with Crippen LogP contribution in [0.25, 0.3) is 0 Å². The van der Waals surface area contributed by atoms with Crippen LogP contribution in [0.2, 0.25) is 0 Å². The summed E-state index contributed by atoms with van der Waals surface area (Å²) in [5.74, 6) is 1.10. The SMILES string of the molecule is Cc1noc(C)c1C(C)NC(=O)COc1ccc(N)cc1. The molecule has 0 aliphatic carbocycles. The molecule has 2 rings (SSSR count). The molecule has 21 heavy (non-hydrogen) atoms. The number of nitrogens with one attached hydrogen (secondary N) is 1. The van der Waals surface area contributed by atoms with Gasteiger partial charge in [-0.1, -0.05) is 5.16 Å². The second-order valence-electron chi connectivity index (χ2n) is 4.88. The van der Waals surface area contributed by atoms with Crippen LogP contribution in [-0.4, -0.2) is 17.7 Å². The van der Waals surface area contributed by atoms with Gasteiger partial charge >= 0.3 is 0 Å². The Morgan fingerprint density at radius 1 is 1.38 bits per heavy atom. The number of nitrogen functional groups attached to an aromatic ring is 1. The molecule has 1 unspecified atom stereocenters. The molecule has 0 saturated carbocycles. The predicted molar refractivity (Wildman–Crippen MR) is 78.9 cm³/mol. The van der Waals surface area contributed by atoms with E-state index in [-0.39, 0.29) is 18.6 Å². The molecule has 3 N–H and O–H groups in total. The quantitative estimate of drug-likeness (QED) is 0.823. The van der Waals surface area contributed by atoms with E-state index in [4.69, 9.17) is 15.0 Å². The fourth-order valence-electron chi connectivity index (χ4n) is 2.18. The van der Waals surface area contributed by atoms with Crippen LogP contribution in [0, 0.1) is 13.8 Å². The Morgan fingerprint density at radius 3 is 2.62 bits per heavy atom. The highest BCUT2D eigenvalue weighted by atomic mass is 16.5. The van der Waals surface area contributed by atoms with Crippen LogP contribution in [0.15, 0.2) is 28.8 Å². The molecule has 0 aliphatic heterocycles. The van der Waals surface area contributed by atoms with Gasteiger partial charge in [0.25, 0.3) is 5.91 Å². The Hall–Kier alpha value is -2.50. The van der Waals surface area contributed by atoms with Gasteiger partial charge in [-0.2, -0.15) is 0 Å². The molecule has 2 aromatic rings. The standard InChI is InChI=1S/C15H19N3O3/c1-9(15-10(2)18-21-11(15)3)17-14(19)8-20-13-6-4-12(16)5-7-13/h4-7,9H,8,16H2,1-3H3,(H,17,19). The topological polar surface area (TPSA) is 90.4 Å². The van der Waals surface area contributed by atoms with Crippen LogP contribution in [0.3, 0.4) is 0 Å². The maximum atomic E-state index is 11.9. The molecule has 0 saturated heterocycles. The van der Waals surface area contributed by atoms with Crippen LogP contribution in [0.4, 0.5) is 5.69 Å². The Balaban J connectivity index is 1.88. The van der Waals surface area contributed by atoms with Crippen molar-refractivity contribution >= 4 is 11.6 Å². The first kappa shape index (κ1) is 14.9. The number of anilines is 1. The van der Waals surface area contributed by atoms with Crippen molar-refractivity contribution in [2.75, 3.05) is 12.3 Å². The number of aryl methyl sites for hydroxylation is 2. The molecule has 0 aliphatic rings. The van der Waals surface area contributed by atoms with Gasteiger partial charge in [-0.25, -0.2) is 0 Å². The Kier molecular flexibility index (Phi) is 4.47. The largest absolute Gasteiger partial charge is 0.484 e. The summed E-state index contributed by atoms with van der Waals surface area (Å²) in [6.07, 6.45) is 0. The van der Waals surface area contributed by atoms with Crippen LogP contribution < -0.4 is 15.8 Å². The molecule has 112 valence electrons. The van der Waals surface area contributed by atoms with Gasteiger partial charge in [-0.15, -0.1) is 0 Å². The lowest BCUT2D eigenvalue weighted by Gasteiger charge is -2.14. The number of hydrogen-bond donors (Lipinski definition) is 2. The third-order valence-corrected chi connectivity index (χ3v) is 3.15. The van der Waals surface area contributed by atoms with E-state index in [1.54, 1.807) is 24.3 Å². The van der Waals surface area contributed by atoms with Crippen molar-refractivity contribution in [2.45, 2.75) is 26.8 Å². The van der Waals surface area contributed by atoms with Crippen LogP contribution >= 0.6 is 0 Å². The summed E-state index contributed by atoms with van der Waals surface area (Å²) in [5, 5.41) is 6.73. The minimum absolute atomic E-state index is 0.0579. The van der Waals surface area contributed by atoms with Crippen LogP contribution in [0.5, 0.6) is 5.75 Å². The fraction of sp³-hybridized carbons (Fsp3) is 0.333. The number of nitrogens with zero attached hydrogens (tertiary/aromatic N) is 1. The first-order chi connectivity index (χ1) is 9.97. The van der Waals surface area contributed by atoms with E-state index in [2.05, 4.69) is 10.5 Å². The van der Waals surface area contributed by atoms with Gasteiger partial charge in [0.05, 0.1) is 11.7 Å². The van der Waals surface area contributed by atoms with Crippen molar-refractivity contribution in [1.82, 2.24) is 10.5 Å². The van der Waals surface area contributed by atoms with E-state index in [0.29, 0.717) is 17.2 Å². The first-order valence-corrected chi connectivity index (χ1v) is 6.68. The number of carbonyl (C=O) groups is 1. The highest BCUT2D eigenvalue weighted by Gasteiger charge is 2.18. The molecule has 1 aromatic heterocycles. The monoisotopic (exact) mass is 289 g/mol. The molecular formula is C15H19N3O3. The minimum Gasteiger partial charge on any atom is -0.484 e. The number of benzene rings is 1. The molecular weight excluding hydrogens is 270 g/mol. The minimum atomic E-state index is -0.209. The molecule has 1 aromatic carbocycles. The molecule has 6 heteroatoms. The number of rotatable bonds is 5. The van der Waals surface area contributed by atoms with E-state index in [1.165, 1.54) is 0 Å². The van der Waals surface area contributed by atoms with E-state index in [1.807, 2.05) is 20.8 Å². The Labute approximate surface area is 123 Å². The first-order valence-electron chi connectivity index (χ1n) is 6.68. The summed E-state index contributed by atoms with van der Waals surface area (Å²) in [5.41, 5.74) is 7.91. The summed E-state index contributed by atoms with van der Waals surface area (Å²) in [6.45, 7) is 5.49. The predicted octanol–water partition coefficient (Wildman–Crippen LogP) is 2.13. The smallest absolute Gasteiger partial charge is 0.258 e. The summed E-state index contributed by atoms with van der Waals surface area (Å²) in [6, 6.07) is 6.71. The van der Waals surface area contributed by atoms with Gasteiger partial charge < -0.3 is 20.3 Å². The lowest BCUT2D eigenvalue weighted by Crippen LogP contribution is -2.31. The van der Waals surface area contributed by atoms with Gasteiger partial charge in [0.1, 0.15) is 11.5 Å². The average Bonchev–Trinajstić information content (AvgIpc) is 2.77. The Bertz CT molecular complexity index is 600. The third kappa shape index (κ3) is 3.75. The normalized spacial score (nSPS) is 12.0. The van der Waals surface area contributed by atoms with Crippen molar-refractivity contribution in [1.29, 1.82) is 0 Å². The Morgan fingerprint density at radius 2 is 2.05 bits per heavy atom. The number of carbonyl (C=O) groups excluding carboxylic acids is 1. The summed E-state index contributed by atoms with van der Waals surface area (Å²) < 4.78 is 10.5. The highest BCUT2D eigenvalue weighted by Crippen LogP contribution is 2.20. The lowest BCUT2D eigenvalue weighted by atomic mass is 10.1. The van der Waals surface area contributed by atoms with Crippen LogP contribution in [-0.2, 0) is 4.79 Å². The number of nitrogens with two attached hydrogens (primary N) is 1. The number of hydrogen-bond acceptors (Lipinski definition) is 5. The third-order valence-electron chi connectivity index (χ3n) is 3.15. The number of amides is 1.